The second-order valence-corrected chi connectivity index (χ2v) is 12.4. The predicted molar refractivity (Wildman–Crippen MR) is 148 cm³/mol. The van der Waals surface area contributed by atoms with Crippen LogP contribution in [0.15, 0.2) is 52.8 Å². The number of hydrogen-bond acceptors (Lipinski definition) is 6. The van der Waals surface area contributed by atoms with Gasteiger partial charge >= 0.3 is 0 Å². The largest absolute Gasteiger partial charge is 0.310 e. The summed E-state index contributed by atoms with van der Waals surface area (Å²) in [7, 11) is 0. The number of pyridine rings is 1. The smallest absolute Gasteiger partial charge is 0.278 e. The first-order valence-corrected chi connectivity index (χ1v) is 14.5. The van der Waals surface area contributed by atoms with Crippen molar-refractivity contribution in [2.24, 2.45) is 22.0 Å². The van der Waals surface area contributed by atoms with Crippen LogP contribution in [0.25, 0.3) is 0 Å². The first kappa shape index (κ1) is 25.0. The zero-order chi connectivity index (χ0) is 25.4. The summed E-state index contributed by atoms with van der Waals surface area (Å²) in [5.41, 5.74) is 4.53. The van der Waals surface area contributed by atoms with Gasteiger partial charge in [-0.3, -0.25) is 4.98 Å². The van der Waals surface area contributed by atoms with Crippen LogP contribution < -0.4 is 4.31 Å². The minimum Gasteiger partial charge on any atom is -0.310 e. The van der Waals surface area contributed by atoms with Gasteiger partial charge in [-0.2, -0.15) is 10.2 Å². The van der Waals surface area contributed by atoms with Gasteiger partial charge in [0.1, 0.15) is 5.71 Å². The van der Waals surface area contributed by atoms with Crippen LogP contribution in [0.4, 0.5) is 14.5 Å². The quantitative estimate of drug-likeness (QED) is 0.370. The Balaban J connectivity index is 1.10. The minimum absolute atomic E-state index is 0.0882. The van der Waals surface area contributed by atoms with Crippen LogP contribution in [0, 0.1) is 18.8 Å². The number of halogens is 2. The van der Waals surface area contributed by atoms with E-state index in [1.54, 1.807) is 6.20 Å². The molecule has 2 saturated carbocycles. The Kier molecular flexibility index (Phi) is 7.30. The van der Waals surface area contributed by atoms with Crippen LogP contribution in [0.1, 0.15) is 61.8 Å². The van der Waals surface area contributed by atoms with E-state index in [1.807, 2.05) is 24.1 Å². The van der Waals surface area contributed by atoms with E-state index >= 15 is 0 Å². The lowest BCUT2D eigenvalue weighted by Crippen LogP contribution is -2.45. The molecule has 3 fully saturated rings. The molecule has 196 valence electrons. The predicted octanol–water partition coefficient (Wildman–Crippen LogP) is 6.51. The van der Waals surface area contributed by atoms with E-state index in [2.05, 4.69) is 55.6 Å². The molecule has 37 heavy (non-hydrogen) atoms. The van der Waals surface area contributed by atoms with Gasteiger partial charge in [0.2, 0.25) is 0 Å². The van der Waals surface area contributed by atoms with Gasteiger partial charge < -0.3 is 9.21 Å². The number of piperidine rings is 1. The molecule has 8 heteroatoms. The first-order chi connectivity index (χ1) is 18.0. The first-order valence-electron chi connectivity index (χ1n) is 13.6. The van der Waals surface area contributed by atoms with Crippen LogP contribution in [-0.4, -0.2) is 52.1 Å². The normalized spacial score (nSPS) is 26.1. The molecule has 3 unspecified atom stereocenters. The lowest BCUT2D eigenvalue weighted by molar-refractivity contribution is 0.121. The van der Waals surface area contributed by atoms with Gasteiger partial charge in [-0.25, -0.2) is 8.78 Å². The second kappa shape index (κ2) is 10.8. The second-order valence-electron chi connectivity index (χ2n) is 11.1. The van der Waals surface area contributed by atoms with Crippen molar-refractivity contribution in [3.8, 4) is 0 Å². The van der Waals surface area contributed by atoms with Crippen LogP contribution in [0.3, 0.4) is 0 Å². The molecule has 0 N–H and O–H groups in total. The Morgan fingerprint density at radius 3 is 2.57 bits per heavy atom. The molecule has 2 aliphatic heterocycles. The maximum atomic E-state index is 12.9. The van der Waals surface area contributed by atoms with E-state index in [0.29, 0.717) is 17.5 Å². The summed E-state index contributed by atoms with van der Waals surface area (Å²) in [6.07, 6.45) is 7.53. The van der Waals surface area contributed by atoms with E-state index in [1.165, 1.54) is 62.9 Å². The van der Waals surface area contributed by atoms with E-state index in [0.717, 1.165) is 29.1 Å². The Morgan fingerprint density at radius 1 is 1.05 bits per heavy atom. The molecule has 1 aromatic carbocycles. The summed E-state index contributed by atoms with van der Waals surface area (Å²) in [5.74, 6) is 1.95. The number of anilines is 1. The van der Waals surface area contributed by atoms with Crippen molar-refractivity contribution in [3.05, 3.63) is 59.4 Å². The zero-order valence-corrected chi connectivity index (χ0v) is 22.2. The standard InChI is InChI=1S/C29H35F2N5S/c1-19-3-2-4-24(13-19)36(18-23-8-7-22(17-32-23)26-16-27(29(30)31)34-33-26)37-25-9-11-35(12-10-25)28-15-20-5-6-21(28)14-20/h2-4,7-8,13,17,20-21,25,28-29H,5-6,9-12,14-16,18H2,1H3. The summed E-state index contributed by atoms with van der Waals surface area (Å²) in [6.45, 7) is 5.24. The van der Waals surface area contributed by atoms with Crippen molar-refractivity contribution in [2.45, 2.75) is 76.1 Å². The Labute approximate surface area is 222 Å². The molecule has 0 spiro atoms. The zero-order valence-electron chi connectivity index (χ0n) is 21.4. The molecule has 1 aromatic heterocycles. The van der Waals surface area contributed by atoms with Crippen LogP contribution in [0.5, 0.6) is 0 Å². The number of hydrogen-bond donors (Lipinski definition) is 0. The molecule has 3 atom stereocenters. The lowest BCUT2D eigenvalue weighted by Gasteiger charge is -2.40. The number of aromatic nitrogens is 1. The van der Waals surface area contributed by atoms with Crippen LogP contribution >= 0.6 is 11.9 Å². The summed E-state index contributed by atoms with van der Waals surface area (Å²) in [4.78, 5) is 7.48. The molecule has 2 bridgehead atoms. The van der Waals surface area contributed by atoms with Gasteiger partial charge in [-0.05, 0) is 106 Å². The van der Waals surface area contributed by atoms with Crippen molar-refractivity contribution in [1.29, 1.82) is 0 Å². The average Bonchev–Trinajstić information content (AvgIpc) is 3.67. The summed E-state index contributed by atoms with van der Waals surface area (Å²) in [6, 6.07) is 13.4. The molecule has 0 amide bonds. The Morgan fingerprint density at radius 2 is 1.92 bits per heavy atom. The Hall–Kier alpha value is -2.32. The fourth-order valence-corrected chi connectivity index (χ4v) is 7.83. The van der Waals surface area contributed by atoms with E-state index < -0.39 is 6.43 Å². The number of nitrogens with zero attached hydrogens (tertiary/aromatic N) is 5. The van der Waals surface area contributed by atoms with Crippen molar-refractivity contribution < 1.29 is 8.78 Å². The third-order valence-electron chi connectivity index (χ3n) is 8.58. The third-order valence-corrected chi connectivity index (χ3v) is 9.94. The number of fused-ring (bicyclic) bond motifs is 2. The molecule has 5 nitrogen and oxygen atoms in total. The molecular formula is C29H35F2N5S. The summed E-state index contributed by atoms with van der Waals surface area (Å²) in [5, 5.41) is 8.17. The highest BCUT2D eigenvalue weighted by Gasteiger charge is 2.43. The maximum absolute atomic E-state index is 12.9. The summed E-state index contributed by atoms with van der Waals surface area (Å²) >= 11 is 1.96. The number of aryl methyl sites for hydroxylation is 1. The maximum Gasteiger partial charge on any atom is 0.278 e. The van der Waals surface area contributed by atoms with Gasteiger partial charge in [-0.1, -0.05) is 18.6 Å². The number of rotatable bonds is 8. The summed E-state index contributed by atoms with van der Waals surface area (Å²) < 4.78 is 28.2. The lowest BCUT2D eigenvalue weighted by atomic mass is 9.92. The molecule has 3 heterocycles. The van der Waals surface area contributed by atoms with Gasteiger partial charge in [0.25, 0.3) is 6.43 Å². The van der Waals surface area contributed by atoms with Crippen molar-refractivity contribution in [1.82, 2.24) is 9.88 Å². The Bertz CT molecular complexity index is 1160. The molecule has 2 aliphatic carbocycles. The highest BCUT2D eigenvalue weighted by molar-refractivity contribution is 8.01. The van der Waals surface area contributed by atoms with E-state index in [4.69, 9.17) is 0 Å². The van der Waals surface area contributed by atoms with Crippen molar-refractivity contribution in [2.75, 3.05) is 17.4 Å². The van der Waals surface area contributed by atoms with Gasteiger partial charge in [-0.15, -0.1) is 0 Å². The third kappa shape index (κ3) is 5.60. The number of benzene rings is 1. The molecule has 1 saturated heterocycles. The van der Waals surface area contributed by atoms with Gasteiger partial charge in [0, 0.05) is 35.2 Å². The molecule has 0 radical (unpaired) electrons. The average molecular weight is 524 g/mol. The fourth-order valence-electron chi connectivity index (χ4n) is 6.61. The molecular weight excluding hydrogens is 488 g/mol. The highest BCUT2D eigenvalue weighted by atomic mass is 32.2. The highest BCUT2D eigenvalue weighted by Crippen LogP contribution is 2.47. The monoisotopic (exact) mass is 523 g/mol. The van der Waals surface area contributed by atoms with Gasteiger partial charge in [0.15, 0.2) is 0 Å². The SMILES string of the molecule is Cc1cccc(N(Cc2ccc(C3=NN=C(C(F)F)C3)cn2)SC2CCN(C3CC4CCC3C4)CC2)c1. The minimum atomic E-state index is -2.56. The number of likely N-dealkylation sites (tertiary alicyclic amines) is 1. The number of alkyl halides is 2. The van der Waals surface area contributed by atoms with Crippen molar-refractivity contribution in [3.63, 3.8) is 0 Å². The van der Waals surface area contributed by atoms with E-state index in [-0.39, 0.29) is 12.1 Å². The molecule has 4 aliphatic rings. The van der Waals surface area contributed by atoms with Gasteiger partial charge in [0.05, 0.1) is 18.0 Å². The molecule has 6 rings (SSSR count). The van der Waals surface area contributed by atoms with E-state index in [9.17, 15) is 8.78 Å². The topological polar surface area (TPSA) is 44.1 Å². The fraction of sp³-hybridized carbons (Fsp3) is 0.552. The van der Waals surface area contributed by atoms with Crippen molar-refractivity contribution >= 4 is 29.1 Å². The van der Waals surface area contributed by atoms with Crippen LogP contribution in [-0.2, 0) is 6.54 Å². The van der Waals surface area contributed by atoms with Crippen LogP contribution in [0.2, 0.25) is 0 Å². The molecule has 2 aromatic rings.